The Bertz CT molecular complexity index is 357. The molecule has 15 heavy (non-hydrogen) atoms. The Labute approximate surface area is 93.8 Å². The molecule has 0 bridgehead atoms. The summed E-state index contributed by atoms with van der Waals surface area (Å²) < 4.78 is 17.6. The van der Waals surface area contributed by atoms with Gasteiger partial charge in [0.05, 0.1) is 7.11 Å². The van der Waals surface area contributed by atoms with Crippen LogP contribution in [0.25, 0.3) is 0 Å². The van der Waals surface area contributed by atoms with Gasteiger partial charge in [-0.15, -0.1) is 12.4 Å². The number of halogens is 2. The van der Waals surface area contributed by atoms with Gasteiger partial charge in [-0.3, -0.25) is 4.79 Å². The molecule has 84 valence electrons. The zero-order chi connectivity index (χ0) is 10.7. The maximum absolute atomic E-state index is 13.1. The summed E-state index contributed by atoms with van der Waals surface area (Å²) in [5.74, 6) is -0.944. The molecule has 1 unspecified atom stereocenters. The number of ether oxygens (including phenoxy) is 1. The molecule has 1 aromatic carbocycles. The van der Waals surface area contributed by atoms with E-state index in [1.807, 2.05) is 0 Å². The molecule has 0 fully saturated rings. The van der Waals surface area contributed by atoms with Crippen LogP contribution < -0.4 is 5.73 Å². The maximum Gasteiger partial charge on any atom is 0.327 e. The Hall–Kier alpha value is -1.13. The van der Waals surface area contributed by atoms with Crippen LogP contribution in [0.15, 0.2) is 18.2 Å². The van der Waals surface area contributed by atoms with Gasteiger partial charge in [0.15, 0.2) is 0 Å². The lowest BCUT2D eigenvalue weighted by atomic mass is 10.0. The molecule has 1 aromatic rings. The SMILES string of the molecule is COC(=O)C(N)c1cccc(F)c1C.Cl. The average molecular weight is 234 g/mol. The van der Waals surface area contributed by atoms with Gasteiger partial charge in [-0.1, -0.05) is 12.1 Å². The Kier molecular flexibility index (Phi) is 5.25. The number of hydrogen-bond donors (Lipinski definition) is 1. The minimum Gasteiger partial charge on any atom is -0.468 e. The van der Waals surface area contributed by atoms with Crippen molar-refractivity contribution in [3.63, 3.8) is 0 Å². The van der Waals surface area contributed by atoms with Crippen molar-refractivity contribution in [3.05, 3.63) is 35.1 Å². The Morgan fingerprint density at radius 2 is 2.13 bits per heavy atom. The summed E-state index contributed by atoms with van der Waals surface area (Å²) in [5, 5.41) is 0. The lowest BCUT2D eigenvalue weighted by Gasteiger charge is -2.12. The maximum atomic E-state index is 13.1. The second kappa shape index (κ2) is 5.68. The molecule has 0 aliphatic carbocycles. The number of nitrogens with two attached hydrogens (primary N) is 1. The van der Waals surface area contributed by atoms with Gasteiger partial charge >= 0.3 is 5.97 Å². The third-order valence-electron chi connectivity index (χ3n) is 2.10. The summed E-state index contributed by atoms with van der Waals surface area (Å²) in [6.07, 6.45) is 0. The third-order valence-corrected chi connectivity index (χ3v) is 2.10. The standard InChI is InChI=1S/C10H12FNO2.ClH/c1-6-7(4-3-5-8(6)11)9(12)10(13)14-2;/h3-5,9H,12H2,1-2H3;1H. The molecular formula is C10H13ClFNO2. The fourth-order valence-corrected chi connectivity index (χ4v) is 1.22. The number of rotatable bonds is 2. The van der Waals surface area contributed by atoms with Gasteiger partial charge in [0.25, 0.3) is 0 Å². The fourth-order valence-electron chi connectivity index (χ4n) is 1.22. The highest BCUT2D eigenvalue weighted by molar-refractivity contribution is 5.85. The van der Waals surface area contributed by atoms with Crippen molar-refractivity contribution >= 4 is 18.4 Å². The van der Waals surface area contributed by atoms with Crippen LogP contribution in [0.2, 0.25) is 0 Å². The summed E-state index contributed by atoms with van der Waals surface area (Å²) in [6, 6.07) is 3.53. The highest BCUT2D eigenvalue weighted by Crippen LogP contribution is 2.18. The van der Waals surface area contributed by atoms with Crippen molar-refractivity contribution in [3.8, 4) is 0 Å². The minimum absolute atomic E-state index is 0. The average Bonchev–Trinajstić information content (AvgIpc) is 2.20. The Morgan fingerprint density at radius 1 is 1.53 bits per heavy atom. The molecule has 0 aliphatic rings. The third kappa shape index (κ3) is 2.91. The lowest BCUT2D eigenvalue weighted by molar-refractivity contribution is -0.142. The molecular weight excluding hydrogens is 221 g/mol. The predicted octanol–water partition coefficient (Wildman–Crippen LogP) is 1.73. The molecule has 0 amide bonds. The van der Waals surface area contributed by atoms with E-state index in [1.165, 1.54) is 19.2 Å². The molecule has 0 aromatic heterocycles. The first-order valence-electron chi connectivity index (χ1n) is 4.16. The first kappa shape index (κ1) is 13.9. The fraction of sp³-hybridized carbons (Fsp3) is 0.300. The van der Waals surface area contributed by atoms with E-state index in [4.69, 9.17) is 5.73 Å². The second-order valence-electron chi connectivity index (χ2n) is 2.95. The molecule has 0 saturated carbocycles. The molecule has 5 heteroatoms. The zero-order valence-electron chi connectivity index (χ0n) is 8.49. The molecule has 0 saturated heterocycles. The van der Waals surface area contributed by atoms with Crippen molar-refractivity contribution in [2.24, 2.45) is 5.73 Å². The van der Waals surface area contributed by atoms with Crippen LogP contribution in [-0.2, 0) is 9.53 Å². The number of esters is 1. The Morgan fingerprint density at radius 3 is 2.67 bits per heavy atom. The van der Waals surface area contributed by atoms with E-state index < -0.39 is 12.0 Å². The van der Waals surface area contributed by atoms with E-state index >= 15 is 0 Å². The molecule has 0 aliphatic heterocycles. The van der Waals surface area contributed by atoms with Gasteiger partial charge in [-0.2, -0.15) is 0 Å². The molecule has 0 spiro atoms. The first-order chi connectivity index (χ1) is 6.57. The minimum atomic E-state index is -0.921. The monoisotopic (exact) mass is 233 g/mol. The van der Waals surface area contributed by atoms with E-state index in [9.17, 15) is 9.18 Å². The van der Waals surface area contributed by atoms with Gasteiger partial charge in [0, 0.05) is 0 Å². The summed E-state index contributed by atoms with van der Waals surface area (Å²) in [6.45, 7) is 1.58. The van der Waals surface area contributed by atoms with Crippen LogP contribution in [0.5, 0.6) is 0 Å². The van der Waals surface area contributed by atoms with E-state index in [0.717, 1.165) is 0 Å². The zero-order valence-corrected chi connectivity index (χ0v) is 9.31. The molecule has 2 N–H and O–H groups in total. The second-order valence-corrected chi connectivity index (χ2v) is 2.95. The molecule has 1 rings (SSSR count). The quantitative estimate of drug-likeness (QED) is 0.792. The summed E-state index contributed by atoms with van der Waals surface area (Å²) in [5.41, 5.74) is 6.41. The molecule has 0 heterocycles. The van der Waals surface area contributed by atoms with Crippen LogP contribution in [0.1, 0.15) is 17.2 Å². The predicted molar refractivity (Wildman–Crippen MR) is 57.3 cm³/mol. The number of benzene rings is 1. The summed E-state index contributed by atoms with van der Waals surface area (Å²) in [7, 11) is 1.25. The number of methoxy groups -OCH3 is 1. The highest BCUT2D eigenvalue weighted by Gasteiger charge is 2.19. The smallest absolute Gasteiger partial charge is 0.327 e. The molecule has 1 atom stereocenters. The summed E-state index contributed by atoms with van der Waals surface area (Å²) >= 11 is 0. The first-order valence-corrected chi connectivity index (χ1v) is 4.16. The van der Waals surface area contributed by atoms with Crippen LogP contribution in [0.4, 0.5) is 4.39 Å². The number of hydrogen-bond acceptors (Lipinski definition) is 3. The lowest BCUT2D eigenvalue weighted by Crippen LogP contribution is -2.23. The normalized spacial score (nSPS) is 11.5. The van der Waals surface area contributed by atoms with Crippen molar-refractivity contribution in [1.29, 1.82) is 0 Å². The van der Waals surface area contributed by atoms with Crippen LogP contribution >= 0.6 is 12.4 Å². The largest absolute Gasteiger partial charge is 0.468 e. The van der Waals surface area contributed by atoms with Gasteiger partial charge in [-0.25, -0.2) is 4.39 Å². The van der Waals surface area contributed by atoms with Gasteiger partial charge in [-0.05, 0) is 24.1 Å². The van der Waals surface area contributed by atoms with E-state index in [1.54, 1.807) is 13.0 Å². The molecule has 0 radical (unpaired) electrons. The van der Waals surface area contributed by atoms with E-state index in [-0.39, 0.29) is 18.2 Å². The van der Waals surface area contributed by atoms with Crippen LogP contribution in [0.3, 0.4) is 0 Å². The summed E-state index contributed by atoms with van der Waals surface area (Å²) in [4.78, 5) is 11.1. The van der Waals surface area contributed by atoms with Crippen molar-refractivity contribution in [2.75, 3.05) is 7.11 Å². The van der Waals surface area contributed by atoms with Gasteiger partial charge in [0.1, 0.15) is 11.9 Å². The van der Waals surface area contributed by atoms with Crippen molar-refractivity contribution < 1.29 is 13.9 Å². The van der Waals surface area contributed by atoms with Gasteiger partial charge in [0.2, 0.25) is 0 Å². The Balaban J connectivity index is 0.00000196. The van der Waals surface area contributed by atoms with Crippen molar-refractivity contribution in [1.82, 2.24) is 0 Å². The highest BCUT2D eigenvalue weighted by atomic mass is 35.5. The van der Waals surface area contributed by atoms with Crippen LogP contribution in [-0.4, -0.2) is 13.1 Å². The van der Waals surface area contributed by atoms with E-state index in [0.29, 0.717) is 11.1 Å². The number of carbonyl (C=O) groups is 1. The van der Waals surface area contributed by atoms with E-state index in [2.05, 4.69) is 4.74 Å². The topological polar surface area (TPSA) is 52.3 Å². The van der Waals surface area contributed by atoms with Crippen LogP contribution in [0, 0.1) is 12.7 Å². The van der Waals surface area contributed by atoms with Gasteiger partial charge < -0.3 is 10.5 Å². The number of carbonyl (C=O) groups excluding carboxylic acids is 1. The molecule has 3 nitrogen and oxygen atoms in total. The van der Waals surface area contributed by atoms with Crippen molar-refractivity contribution in [2.45, 2.75) is 13.0 Å².